The zero-order valence-electron chi connectivity index (χ0n) is 10.3. The smallest absolute Gasteiger partial charge is 0.235 e. The Hall–Kier alpha value is 0.0100. The molecule has 1 aromatic rings. The van der Waals surface area contributed by atoms with Crippen LogP contribution in [0.25, 0.3) is 0 Å². The number of aryl methyl sites for hydroxylation is 1. The van der Waals surface area contributed by atoms with E-state index in [9.17, 15) is 8.42 Å². The summed E-state index contributed by atoms with van der Waals surface area (Å²) in [6, 6.07) is 0. The van der Waals surface area contributed by atoms with Crippen LogP contribution in [-0.4, -0.2) is 46.1 Å². The van der Waals surface area contributed by atoms with Gasteiger partial charge in [0, 0.05) is 25.5 Å². The van der Waals surface area contributed by atoms with Gasteiger partial charge in [0.05, 0.1) is 0 Å². The van der Waals surface area contributed by atoms with Crippen LogP contribution >= 0.6 is 31.9 Å². The molecule has 0 amide bonds. The van der Waals surface area contributed by atoms with Crippen molar-refractivity contribution >= 4 is 41.9 Å². The average molecular weight is 404 g/mol. The summed E-state index contributed by atoms with van der Waals surface area (Å²) >= 11 is 6.41. The van der Waals surface area contributed by atoms with Crippen LogP contribution in [-0.2, 0) is 17.1 Å². The van der Waals surface area contributed by atoms with Crippen molar-refractivity contribution in [2.75, 3.05) is 18.4 Å². The van der Waals surface area contributed by atoms with E-state index in [1.807, 2.05) is 6.92 Å². The number of halogens is 2. The molecule has 0 bridgehead atoms. The molecule has 0 aliphatic carbocycles. The van der Waals surface area contributed by atoms with Crippen LogP contribution in [0, 0.1) is 0 Å². The van der Waals surface area contributed by atoms with Gasteiger partial charge in [-0.1, -0.05) is 34.5 Å². The molecule has 18 heavy (non-hydrogen) atoms. The minimum atomic E-state index is -3.56. The number of unbranched alkanes of at least 4 members (excludes halogenated alkanes) is 1. The second-order valence-electron chi connectivity index (χ2n) is 3.76. The van der Waals surface area contributed by atoms with Crippen LogP contribution in [0.2, 0.25) is 0 Å². The summed E-state index contributed by atoms with van der Waals surface area (Å²) in [5.41, 5.74) is 0. The summed E-state index contributed by atoms with van der Waals surface area (Å²) < 4.78 is 28.0. The molecular formula is C9H16Br2N4O2S. The van der Waals surface area contributed by atoms with Gasteiger partial charge in [-0.25, -0.2) is 13.1 Å². The highest BCUT2D eigenvalue weighted by Crippen LogP contribution is 2.22. The highest BCUT2D eigenvalue weighted by molar-refractivity contribution is 9.10. The van der Waals surface area contributed by atoms with Gasteiger partial charge >= 0.3 is 0 Å². The predicted octanol–water partition coefficient (Wildman–Crippen LogP) is 1.76. The normalized spacial score (nSPS) is 12.3. The molecule has 0 aromatic carbocycles. The molecule has 1 heterocycles. The summed E-state index contributed by atoms with van der Waals surface area (Å²) in [6.07, 6.45) is 1.77. The van der Waals surface area contributed by atoms with Gasteiger partial charge in [-0.15, -0.1) is 5.10 Å². The first-order valence-electron chi connectivity index (χ1n) is 5.56. The molecule has 0 radical (unpaired) electrons. The van der Waals surface area contributed by atoms with Gasteiger partial charge in [-0.05, 0) is 22.4 Å². The van der Waals surface area contributed by atoms with Crippen molar-refractivity contribution in [3.63, 3.8) is 0 Å². The summed E-state index contributed by atoms with van der Waals surface area (Å²) in [4.78, 5) is 0. The van der Waals surface area contributed by atoms with E-state index in [0.717, 1.165) is 12.8 Å². The average Bonchev–Trinajstić information content (AvgIpc) is 2.64. The first-order valence-corrected chi connectivity index (χ1v) is 8.91. The Labute approximate surface area is 124 Å². The number of sulfonamides is 1. The van der Waals surface area contributed by atoms with Crippen LogP contribution in [0.3, 0.4) is 0 Å². The molecule has 0 spiro atoms. The van der Waals surface area contributed by atoms with Crippen molar-refractivity contribution in [3.8, 4) is 0 Å². The first kappa shape index (κ1) is 16.1. The standard InChI is InChI=1S/C9H16Br2N4O2S/c1-3-4-6-15(7-5-10)18(16,17)9-8(11)12-13-14(9)2/h3-7H2,1-2H3. The molecular weight excluding hydrogens is 388 g/mol. The SMILES string of the molecule is CCCCN(CCBr)S(=O)(=O)c1c(Br)nnn1C. The van der Waals surface area contributed by atoms with Crippen molar-refractivity contribution in [3.05, 3.63) is 4.60 Å². The number of rotatable bonds is 7. The number of hydrogen-bond donors (Lipinski definition) is 0. The fourth-order valence-corrected chi connectivity index (χ4v) is 4.67. The Morgan fingerprint density at radius 1 is 1.39 bits per heavy atom. The number of aromatic nitrogens is 3. The van der Waals surface area contributed by atoms with Crippen molar-refractivity contribution in [2.24, 2.45) is 7.05 Å². The van der Waals surface area contributed by atoms with Crippen LogP contribution in [0.15, 0.2) is 9.63 Å². The molecule has 0 aliphatic heterocycles. The third-order valence-electron chi connectivity index (χ3n) is 2.42. The molecule has 0 saturated heterocycles. The summed E-state index contributed by atoms with van der Waals surface area (Å²) in [5, 5.41) is 8.12. The summed E-state index contributed by atoms with van der Waals surface area (Å²) in [5.74, 6) is 0. The van der Waals surface area contributed by atoms with Gasteiger partial charge in [-0.2, -0.15) is 4.31 Å². The first-order chi connectivity index (χ1) is 8.45. The minimum absolute atomic E-state index is 0.0968. The van der Waals surface area contributed by atoms with Gasteiger partial charge in [0.2, 0.25) is 5.03 Å². The van der Waals surface area contributed by atoms with E-state index in [2.05, 4.69) is 42.2 Å². The second kappa shape index (κ2) is 6.97. The molecule has 1 rings (SSSR count). The summed E-state index contributed by atoms with van der Waals surface area (Å²) in [7, 11) is -1.99. The topological polar surface area (TPSA) is 68.1 Å². The predicted molar refractivity (Wildman–Crippen MR) is 76.2 cm³/mol. The highest BCUT2D eigenvalue weighted by atomic mass is 79.9. The Morgan fingerprint density at radius 3 is 2.50 bits per heavy atom. The van der Waals surface area contributed by atoms with Crippen LogP contribution in [0.5, 0.6) is 0 Å². The Bertz CT molecular complexity index is 469. The number of nitrogens with zero attached hydrogens (tertiary/aromatic N) is 4. The van der Waals surface area contributed by atoms with Gasteiger partial charge < -0.3 is 0 Å². The van der Waals surface area contributed by atoms with Crippen molar-refractivity contribution in [1.29, 1.82) is 0 Å². The maximum Gasteiger partial charge on any atom is 0.263 e. The Morgan fingerprint density at radius 2 is 2.06 bits per heavy atom. The molecule has 104 valence electrons. The lowest BCUT2D eigenvalue weighted by Crippen LogP contribution is -2.35. The maximum absolute atomic E-state index is 12.5. The van der Waals surface area contributed by atoms with Gasteiger partial charge in [0.15, 0.2) is 4.60 Å². The highest BCUT2D eigenvalue weighted by Gasteiger charge is 2.30. The van der Waals surface area contributed by atoms with Crippen LogP contribution in [0.4, 0.5) is 0 Å². The van der Waals surface area contributed by atoms with E-state index in [1.54, 1.807) is 7.05 Å². The van der Waals surface area contributed by atoms with Gasteiger partial charge in [0.25, 0.3) is 10.0 Å². The van der Waals surface area contributed by atoms with E-state index in [0.29, 0.717) is 18.4 Å². The van der Waals surface area contributed by atoms with Crippen LogP contribution in [0.1, 0.15) is 19.8 Å². The zero-order valence-corrected chi connectivity index (χ0v) is 14.3. The fourth-order valence-electron chi connectivity index (χ4n) is 1.50. The third kappa shape index (κ3) is 3.52. The van der Waals surface area contributed by atoms with E-state index in [4.69, 9.17) is 0 Å². The third-order valence-corrected chi connectivity index (χ3v) is 5.56. The molecule has 0 atom stereocenters. The zero-order chi connectivity index (χ0) is 13.8. The van der Waals surface area contributed by atoms with Crippen molar-refractivity contribution in [1.82, 2.24) is 19.3 Å². The maximum atomic E-state index is 12.5. The minimum Gasteiger partial charge on any atom is -0.235 e. The molecule has 0 unspecified atom stereocenters. The van der Waals surface area contributed by atoms with Gasteiger partial charge in [-0.3, -0.25) is 0 Å². The number of alkyl halides is 1. The summed E-state index contributed by atoms with van der Waals surface area (Å²) in [6.45, 7) is 2.96. The second-order valence-corrected chi connectivity index (χ2v) is 7.15. The largest absolute Gasteiger partial charge is 0.263 e. The molecule has 0 fully saturated rings. The lowest BCUT2D eigenvalue weighted by Gasteiger charge is -2.20. The fraction of sp³-hybridized carbons (Fsp3) is 0.778. The molecule has 0 aliphatic rings. The van der Waals surface area contributed by atoms with E-state index >= 15 is 0 Å². The quantitative estimate of drug-likeness (QED) is 0.650. The van der Waals surface area contributed by atoms with E-state index in [-0.39, 0.29) is 9.63 Å². The van der Waals surface area contributed by atoms with Gasteiger partial charge in [0.1, 0.15) is 0 Å². The molecule has 0 saturated carbocycles. The van der Waals surface area contributed by atoms with Crippen molar-refractivity contribution < 1.29 is 8.42 Å². The van der Waals surface area contributed by atoms with E-state index < -0.39 is 10.0 Å². The monoisotopic (exact) mass is 402 g/mol. The molecule has 9 heteroatoms. The number of hydrogen-bond acceptors (Lipinski definition) is 4. The Kier molecular flexibility index (Phi) is 6.22. The molecule has 0 N–H and O–H groups in total. The van der Waals surface area contributed by atoms with E-state index in [1.165, 1.54) is 8.99 Å². The molecule has 6 nitrogen and oxygen atoms in total. The lowest BCUT2D eigenvalue weighted by molar-refractivity contribution is 0.415. The lowest BCUT2D eigenvalue weighted by atomic mass is 10.3. The van der Waals surface area contributed by atoms with Crippen molar-refractivity contribution in [2.45, 2.75) is 24.8 Å². The molecule has 1 aromatic heterocycles. The van der Waals surface area contributed by atoms with Crippen LogP contribution < -0.4 is 0 Å². The Balaban J connectivity index is 3.09.